The number of rotatable bonds is 3. The third-order valence-electron chi connectivity index (χ3n) is 0.843. The van der Waals surface area contributed by atoms with Gasteiger partial charge in [-0.2, -0.15) is 0 Å². The van der Waals surface area contributed by atoms with Crippen molar-refractivity contribution in [1.29, 1.82) is 0 Å². The third-order valence-corrected chi connectivity index (χ3v) is 0.843. The highest BCUT2D eigenvalue weighted by Gasteiger charge is 1.99. The second-order valence-electron chi connectivity index (χ2n) is 1.91. The molecule has 0 aromatic rings. The van der Waals surface area contributed by atoms with Crippen molar-refractivity contribution in [3.63, 3.8) is 0 Å². The second-order valence-corrected chi connectivity index (χ2v) is 1.91. The molecule has 3 heteroatoms. The van der Waals surface area contributed by atoms with Crippen LogP contribution in [-0.2, 0) is 0 Å². The Morgan fingerprint density at radius 1 is 1.12 bits per heavy atom. The molecule has 0 heterocycles. The first kappa shape index (κ1) is 7.88. The van der Waals surface area contributed by atoms with E-state index in [4.69, 9.17) is 15.3 Å². The Bertz CT molecular complexity index is 43.6. The van der Waals surface area contributed by atoms with Crippen LogP contribution in [0.25, 0.3) is 0 Å². The zero-order valence-corrected chi connectivity index (χ0v) is 4.91. The Balaban J connectivity index is 2.93. The first-order chi connectivity index (χ1) is 3.63. The van der Waals surface area contributed by atoms with Crippen LogP contribution in [0.5, 0.6) is 0 Å². The monoisotopic (exact) mass is 120 g/mol. The fourth-order valence-corrected chi connectivity index (χ4v) is 0.390. The van der Waals surface area contributed by atoms with Crippen molar-refractivity contribution in [1.82, 2.24) is 0 Å². The number of hydrogen-bond donors (Lipinski definition) is 3. The van der Waals surface area contributed by atoms with E-state index in [1.165, 1.54) is 0 Å². The second kappa shape index (κ2) is 3.83. The van der Waals surface area contributed by atoms with E-state index in [9.17, 15) is 0 Å². The van der Waals surface area contributed by atoms with E-state index in [-0.39, 0.29) is 6.42 Å². The molecule has 0 spiro atoms. The van der Waals surface area contributed by atoms with Gasteiger partial charge < -0.3 is 15.3 Å². The quantitative estimate of drug-likeness (QED) is 0.438. The minimum absolute atomic E-state index is 0.248. The van der Waals surface area contributed by atoms with Gasteiger partial charge in [0.25, 0.3) is 0 Å². The summed E-state index contributed by atoms with van der Waals surface area (Å²) >= 11 is 0. The lowest BCUT2D eigenvalue weighted by Gasteiger charge is -2.03. The van der Waals surface area contributed by atoms with E-state index in [0.717, 1.165) is 0 Å². The van der Waals surface area contributed by atoms with Gasteiger partial charge in [0.15, 0.2) is 6.29 Å². The summed E-state index contributed by atoms with van der Waals surface area (Å²) in [5.74, 6) is 0. The molecule has 0 fully saturated rings. The molecule has 0 bridgehead atoms. The molecular weight excluding hydrogens is 108 g/mol. The Morgan fingerprint density at radius 2 is 1.62 bits per heavy atom. The van der Waals surface area contributed by atoms with Crippen molar-refractivity contribution in [2.24, 2.45) is 0 Å². The molecule has 0 unspecified atom stereocenters. The van der Waals surface area contributed by atoms with Crippen LogP contribution in [0.15, 0.2) is 0 Å². The highest BCUT2D eigenvalue weighted by molar-refractivity contribution is 4.46. The van der Waals surface area contributed by atoms with Crippen molar-refractivity contribution >= 4 is 0 Å². The Labute approximate surface area is 48.6 Å². The molecule has 0 aliphatic carbocycles. The van der Waals surface area contributed by atoms with Crippen LogP contribution < -0.4 is 0 Å². The zero-order chi connectivity index (χ0) is 6.57. The SMILES string of the molecule is C[C@H](O)CCC(O)O. The molecule has 0 saturated carbocycles. The number of hydrogen-bond acceptors (Lipinski definition) is 3. The summed E-state index contributed by atoms with van der Waals surface area (Å²) in [6.45, 7) is 1.61. The summed E-state index contributed by atoms with van der Waals surface area (Å²) in [5.41, 5.74) is 0. The van der Waals surface area contributed by atoms with Crippen LogP contribution in [0.3, 0.4) is 0 Å². The Morgan fingerprint density at radius 3 is 1.75 bits per heavy atom. The lowest BCUT2D eigenvalue weighted by molar-refractivity contribution is -0.0521. The van der Waals surface area contributed by atoms with E-state index in [1.54, 1.807) is 6.92 Å². The molecule has 50 valence electrons. The summed E-state index contributed by atoms with van der Waals surface area (Å²) in [6.07, 6.45) is -1.02. The summed E-state index contributed by atoms with van der Waals surface area (Å²) in [4.78, 5) is 0. The van der Waals surface area contributed by atoms with Crippen molar-refractivity contribution in [3.8, 4) is 0 Å². The third kappa shape index (κ3) is 5.88. The van der Waals surface area contributed by atoms with E-state index < -0.39 is 12.4 Å². The largest absolute Gasteiger partial charge is 0.393 e. The minimum atomic E-state index is -1.27. The maximum atomic E-state index is 8.58. The molecule has 1 atom stereocenters. The van der Waals surface area contributed by atoms with Crippen molar-refractivity contribution < 1.29 is 15.3 Å². The first-order valence-electron chi connectivity index (χ1n) is 2.67. The summed E-state index contributed by atoms with van der Waals surface area (Å²) in [6, 6.07) is 0. The summed E-state index contributed by atoms with van der Waals surface area (Å²) < 4.78 is 0. The first-order valence-corrected chi connectivity index (χ1v) is 2.67. The molecule has 0 rings (SSSR count). The molecule has 3 nitrogen and oxygen atoms in total. The van der Waals surface area contributed by atoms with Crippen molar-refractivity contribution in [2.45, 2.75) is 32.2 Å². The van der Waals surface area contributed by atoms with Gasteiger partial charge in [-0.15, -0.1) is 0 Å². The fourth-order valence-electron chi connectivity index (χ4n) is 0.390. The summed E-state index contributed by atoms with van der Waals surface area (Å²) in [7, 11) is 0. The van der Waals surface area contributed by atoms with Gasteiger partial charge in [0.1, 0.15) is 0 Å². The van der Waals surface area contributed by atoms with E-state index in [2.05, 4.69) is 0 Å². The Kier molecular flexibility index (Phi) is 3.77. The van der Waals surface area contributed by atoms with Crippen LogP contribution in [0.2, 0.25) is 0 Å². The average molecular weight is 120 g/mol. The highest BCUT2D eigenvalue weighted by Crippen LogP contribution is 1.97. The van der Waals surface area contributed by atoms with Crippen LogP contribution >= 0.6 is 0 Å². The van der Waals surface area contributed by atoms with Crippen LogP contribution in [0.4, 0.5) is 0 Å². The molecule has 0 saturated heterocycles. The average Bonchev–Trinajstić information content (AvgIpc) is 1.61. The van der Waals surface area contributed by atoms with Gasteiger partial charge in [0, 0.05) is 6.42 Å². The predicted octanol–water partition coefficient (Wildman–Crippen LogP) is -0.542. The number of aliphatic hydroxyl groups excluding tert-OH is 2. The molecule has 0 radical (unpaired) electrons. The van der Waals surface area contributed by atoms with Gasteiger partial charge >= 0.3 is 0 Å². The molecular formula is C5H12O3. The van der Waals surface area contributed by atoms with Crippen molar-refractivity contribution in [2.75, 3.05) is 0 Å². The maximum Gasteiger partial charge on any atom is 0.151 e. The van der Waals surface area contributed by atoms with Gasteiger partial charge in [-0.3, -0.25) is 0 Å². The topological polar surface area (TPSA) is 60.7 Å². The normalized spacial score (nSPS) is 14.6. The Hall–Kier alpha value is -0.120. The van der Waals surface area contributed by atoms with Crippen LogP contribution in [0, 0.1) is 0 Å². The van der Waals surface area contributed by atoms with Gasteiger partial charge in [-0.1, -0.05) is 0 Å². The van der Waals surface area contributed by atoms with Gasteiger partial charge in [-0.25, -0.2) is 0 Å². The van der Waals surface area contributed by atoms with Crippen LogP contribution in [-0.4, -0.2) is 27.7 Å². The molecule has 0 amide bonds. The molecule has 0 aliphatic rings. The standard InChI is InChI=1S/C5H12O3/c1-4(6)2-3-5(7)8/h4-8H,2-3H2,1H3/t4-/m0/s1. The van der Waals surface area contributed by atoms with E-state index in [0.29, 0.717) is 6.42 Å². The molecule has 8 heavy (non-hydrogen) atoms. The predicted molar refractivity (Wildman–Crippen MR) is 29.1 cm³/mol. The van der Waals surface area contributed by atoms with Gasteiger partial charge in [0.05, 0.1) is 6.10 Å². The lowest BCUT2D eigenvalue weighted by atomic mass is 10.2. The highest BCUT2D eigenvalue weighted by atomic mass is 16.5. The lowest BCUT2D eigenvalue weighted by Crippen LogP contribution is -2.08. The molecule has 0 aromatic carbocycles. The van der Waals surface area contributed by atoms with E-state index in [1.807, 2.05) is 0 Å². The smallest absolute Gasteiger partial charge is 0.151 e. The fraction of sp³-hybridized carbons (Fsp3) is 1.00. The molecule has 0 aromatic heterocycles. The molecule has 3 N–H and O–H groups in total. The van der Waals surface area contributed by atoms with Crippen molar-refractivity contribution in [3.05, 3.63) is 0 Å². The van der Waals surface area contributed by atoms with Crippen LogP contribution in [0.1, 0.15) is 19.8 Å². The van der Waals surface area contributed by atoms with Gasteiger partial charge in [-0.05, 0) is 13.3 Å². The van der Waals surface area contributed by atoms with Gasteiger partial charge in [0.2, 0.25) is 0 Å². The minimum Gasteiger partial charge on any atom is -0.393 e. The zero-order valence-electron chi connectivity index (χ0n) is 4.91. The maximum absolute atomic E-state index is 8.58. The summed E-state index contributed by atoms with van der Waals surface area (Å²) in [5, 5.41) is 25.1. The molecule has 0 aliphatic heterocycles. The van der Waals surface area contributed by atoms with E-state index >= 15 is 0 Å². The number of aliphatic hydroxyl groups is 3.